The van der Waals surface area contributed by atoms with E-state index in [0.29, 0.717) is 23.3 Å². The van der Waals surface area contributed by atoms with Crippen LogP contribution in [0.4, 0.5) is 0 Å². The summed E-state index contributed by atoms with van der Waals surface area (Å²) >= 11 is 0. The van der Waals surface area contributed by atoms with Gasteiger partial charge in [-0.1, -0.05) is 87.8 Å². The van der Waals surface area contributed by atoms with Gasteiger partial charge in [0.15, 0.2) is 0 Å². The molecule has 0 aromatic heterocycles. The first-order valence-corrected chi connectivity index (χ1v) is 12.5. The summed E-state index contributed by atoms with van der Waals surface area (Å²) in [5.74, 6) is 1.80. The first kappa shape index (κ1) is 22.2. The van der Waals surface area contributed by atoms with Crippen LogP contribution in [0.1, 0.15) is 123 Å². The summed E-state index contributed by atoms with van der Waals surface area (Å²) in [6.45, 7) is 8.58. The molecule has 0 radical (unpaired) electrons. The summed E-state index contributed by atoms with van der Waals surface area (Å²) in [5.41, 5.74) is 6.04. The lowest BCUT2D eigenvalue weighted by Crippen LogP contribution is -2.22. The van der Waals surface area contributed by atoms with Gasteiger partial charge >= 0.3 is 0 Å². The molecule has 4 rings (SSSR count). The summed E-state index contributed by atoms with van der Waals surface area (Å²) in [7, 11) is 0. The van der Waals surface area contributed by atoms with Crippen LogP contribution in [0.2, 0.25) is 0 Å². The Hall–Kier alpha value is -1.96. The van der Waals surface area contributed by atoms with E-state index in [-0.39, 0.29) is 0 Å². The number of phenols is 2. The Morgan fingerprint density at radius 3 is 1.32 bits per heavy atom. The standard InChI is InChI=1S/C29H40O2/c1-19-15-23(21-11-7-5-8-12-21)27(30)25(17-19)29(3,4)26-18-20(2)16-24(28(26)31)22-13-9-6-10-14-22/h15-18,21-22,30-31H,5-14H2,1-4H3. The highest BCUT2D eigenvalue weighted by Crippen LogP contribution is 2.48. The van der Waals surface area contributed by atoms with Gasteiger partial charge in [0.05, 0.1) is 0 Å². The van der Waals surface area contributed by atoms with Crippen LogP contribution in [0.15, 0.2) is 24.3 Å². The summed E-state index contributed by atoms with van der Waals surface area (Å²) in [6, 6.07) is 8.64. The maximum Gasteiger partial charge on any atom is 0.123 e. The molecule has 0 atom stereocenters. The Labute approximate surface area is 188 Å². The third-order valence-corrected chi connectivity index (χ3v) is 8.00. The number of hydrogen-bond donors (Lipinski definition) is 2. The lowest BCUT2D eigenvalue weighted by atomic mass is 9.72. The second kappa shape index (κ2) is 8.88. The fraction of sp³-hybridized carbons (Fsp3) is 0.586. The molecule has 31 heavy (non-hydrogen) atoms. The molecule has 2 aromatic carbocycles. The zero-order valence-electron chi connectivity index (χ0n) is 19.9. The zero-order chi connectivity index (χ0) is 22.2. The fourth-order valence-corrected chi connectivity index (χ4v) is 6.16. The minimum Gasteiger partial charge on any atom is -0.507 e. The van der Waals surface area contributed by atoms with Crippen molar-refractivity contribution in [2.24, 2.45) is 0 Å². The van der Waals surface area contributed by atoms with Gasteiger partial charge in [-0.15, -0.1) is 0 Å². The van der Waals surface area contributed by atoms with E-state index in [1.807, 2.05) is 0 Å². The number of aryl methyl sites for hydroxylation is 2. The molecule has 168 valence electrons. The van der Waals surface area contributed by atoms with Gasteiger partial charge in [-0.05, 0) is 62.5 Å². The van der Waals surface area contributed by atoms with E-state index in [1.54, 1.807) is 0 Å². The molecule has 0 aliphatic heterocycles. The Kier molecular flexibility index (Phi) is 6.37. The van der Waals surface area contributed by atoms with Crippen LogP contribution < -0.4 is 0 Å². The van der Waals surface area contributed by atoms with Gasteiger partial charge in [-0.3, -0.25) is 0 Å². The average molecular weight is 421 g/mol. The van der Waals surface area contributed by atoms with Gasteiger partial charge in [-0.2, -0.15) is 0 Å². The fourth-order valence-electron chi connectivity index (χ4n) is 6.16. The summed E-state index contributed by atoms with van der Waals surface area (Å²) in [6.07, 6.45) is 12.3. The normalized spacial score (nSPS) is 19.0. The molecule has 0 saturated heterocycles. The van der Waals surface area contributed by atoms with E-state index in [0.717, 1.165) is 22.3 Å². The van der Waals surface area contributed by atoms with Crippen molar-refractivity contribution in [1.29, 1.82) is 0 Å². The SMILES string of the molecule is Cc1cc(C2CCCCC2)c(O)c(C(C)(C)c2cc(C)cc(C3CCCCC3)c2O)c1. The highest BCUT2D eigenvalue weighted by Gasteiger charge is 2.34. The molecule has 0 spiro atoms. The Bertz CT molecular complexity index is 853. The van der Waals surface area contributed by atoms with Crippen LogP contribution in [-0.4, -0.2) is 10.2 Å². The van der Waals surface area contributed by atoms with Gasteiger partial charge in [0.25, 0.3) is 0 Å². The quantitative estimate of drug-likeness (QED) is 0.524. The van der Waals surface area contributed by atoms with Gasteiger partial charge in [-0.25, -0.2) is 0 Å². The molecule has 2 nitrogen and oxygen atoms in total. The van der Waals surface area contributed by atoms with E-state index >= 15 is 0 Å². The van der Waals surface area contributed by atoms with Gasteiger partial charge < -0.3 is 10.2 Å². The highest BCUT2D eigenvalue weighted by molar-refractivity contribution is 5.57. The van der Waals surface area contributed by atoms with Crippen molar-refractivity contribution in [3.63, 3.8) is 0 Å². The van der Waals surface area contributed by atoms with E-state index in [9.17, 15) is 10.2 Å². The smallest absolute Gasteiger partial charge is 0.123 e. The number of hydrogen-bond acceptors (Lipinski definition) is 2. The van der Waals surface area contributed by atoms with E-state index in [1.165, 1.54) is 75.3 Å². The number of benzene rings is 2. The maximum atomic E-state index is 11.5. The lowest BCUT2D eigenvalue weighted by molar-refractivity contribution is 0.395. The number of rotatable bonds is 4. The van der Waals surface area contributed by atoms with Gasteiger partial charge in [0.2, 0.25) is 0 Å². The number of aromatic hydroxyl groups is 2. The molecule has 2 aliphatic carbocycles. The molecule has 2 saturated carbocycles. The van der Waals surface area contributed by atoms with Crippen molar-refractivity contribution in [3.8, 4) is 11.5 Å². The Morgan fingerprint density at radius 2 is 0.968 bits per heavy atom. The first-order valence-electron chi connectivity index (χ1n) is 12.5. The predicted octanol–water partition coefficient (Wildman–Crippen LogP) is 8.14. The van der Waals surface area contributed by atoms with Crippen LogP contribution in [0.5, 0.6) is 11.5 Å². The van der Waals surface area contributed by atoms with Crippen LogP contribution in [0.25, 0.3) is 0 Å². The lowest BCUT2D eigenvalue weighted by Gasteiger charge is -2.33. The first-order chi connectivity index (χ1) is 14.8. The molecule has 2 aliphatic rings. The third kappa shape index (κ3) is 4.36. The molecule has 2 fully saturated rings. The van der Waals surface area contributed by atoms with Gasteiger partial charge in [0.1, 0.15) is 11.5 Å². The van der Waals surface area contributed by atoms with Crippen molar-refractivity contribution in [2.75, 3.05) is 0 Å². The molecule has 2 N–H and O–H groups in total. The van der Waals surface area contributed by atoms with Crippen LogP contribution in [0, 0.1) is 13.8 Å². The minimum absolute atomic E-state index is 0.447. The second-order valence-electron chi connectivity index (χ2n) is 10.8. The molecule has 0 heterocycles. The van der Waals surface area contributed by atoms with Gasteiger partial charge in [0, 0.05) is 16.5 Å². The molecule has 2 aromatic rings. The summed E-state index contributed by atoms with van der Waals surface area (Å²) < 4.78 is 0. The van der Waals surface area contributed by atoms with Crippen molar-refractivity contribution in [2.45, 2.75) is 109 Å². The molecule has 0 unspecified atom stereocenters. The second-order valence-corrected chi connectivity index (χ2v) is 10.8. The largest absolute Gasteiger partial charge is 0.507 e. The molecular weight excluding hydrogens is 380 g/mol. The van der Waals surface area contributed by atoms with E-state index < -0.39 is 5.41 Å². The minimum atomic E-state index is -0.473. The predicted molar refractivity (Wildman–Crippen MR) is 129 cm³/mol. The average Bonchev–Trinajstić information content (AvgIpc) is 2.77. The Balaban J connectivity index is 1.80. The van der Waals surface area contributed by atoms with Crippen LogP contribution in [0.3, 0.4) is 0 Å². The molecular formula is C29H40O2. The van der Waals surface area contributed by atoms with Crippen LogP contribution >= 0.6 is 0 Å². The summed E-state index contributed by atoms with van der Waals surface area (Å²) in [4.78, 5) is 0. The van der Waals surface area contributed by atoms with Crippen molar-refractivity contribution < 1.29 is 10.2 Å². The van der Waals surface area contributed by atoms with E-state index in [4.69, 9.17) is 0 Å². The van der Waals surface area contributed by atoms with Crippen molar-refractivity contribution in [1.82, 2.24) is 0 Å². The summed E-state index contributed by atoms with van der Waals surface area (Å²) in [5, 5.41) is 22.9. The number of phenolic OH excluding ortho intramolecular Hbond substituents is 2. The highest BCUT2D eigenvalue weighted by atomic mass is 16.3. The molecule has 2 heteroatoms. The maximum absolute atomic E-state index is 11.5. The zero-order valence-corrected chi connectivity index (χ0v) is 19.9. The topological polar surface area (TPSA) is 40.5 Å². The van der Waals surface area contributed by atoms with Crippen LogP contribution in [-0.2, 0) is 5.41 Å². The Morgan fingerprint density at radius 1 is 0.613 bits per heavy atom. The van der Waals surface area contributed by atoms with Crippen molar-refractivity contribution >= 4 is 0 Å². The molecule has 0 bridgehead atoms. The third-order valence-electron chi connectivity index (χ3n) is 8.00. The molecule has 0 amide bonds. The van der Waals surface area contributed by atoms with Crippen molar-refractivity contribution in [3.05, 3.63) is 57.6 Å². The monoisotopic (exact) mass is 420 g/mol. The van der Waals surface area contributed by atoms with E-state index in [2.05, 4.69) is 52.0 Å².